The van der Waals surface area contributed by atoms with E-state index in [4.69, 9.17) is 23.2 Å². The van der Waals surface area contributed by atoms with Gasteiger partial charge in [0.05, 0.1) is 10.0 Å². The van der Waals surface area contributed by atoms with Crippen LogP contribution in [0.2, 0.25) is 10.0 Å². The van der Waals surface area contributed by atoms with E-state index in [2.05, 4.69) is 42.2 Å². The van der Waals surface area contributed by atoms with Crippen LogP contribution in [0.3, 0.4) is 0 Å². The Balaban J connectivity index is 2.10. The van der Waals surface area contributed by atoms with E-state index in [0.717, 1.165) is 31.5 Å². The second kappa shape index (κ2) is 7.88. The zero-order chi connectivity index (χ0) is 15.2. The first kappa shape index (κ1) is 16.4. The van der Waals surface area contributed by atoms with Crippen molar-refractivity contribution >= 4 is 23.2 Å². The maximum Gasteiger partial charge on any atom is 0.0642 e. The van der Waals surface area contributed by atoms with Crippen molar-refractivity contribution in [2.45, 2.75) is 39.3 Å². The van der Waals surface area contributed by atoms with E-state index in [1.54, 1.807) is 0 Å². The Kier molecular flexibility index (Phi) is 6.16. The summed E-state index contributed by atoms with van der Waals surface area (Å²) >= 11 is 12.3. The second-order valence-corrected chi connectivity index (χ2v) is 6.03. The Morgan fingerprint density at radius 3 is 2.71 bits per heavy atom. The molecule has 2 rings (SSSR count). The van der Waals surface area contributed by atoms with Crippen LogP contribution in [0.5, 0.6) is 0 Å². The maximum absolute atomic E-state index is 6.25. The van der Waals surface area contributed by atoms with Crippen molar-refractivity contribution in [1.29, 1.82) is 0 Å². The summed E-state index contributed by atoms with van der Waals surface area (Å²) in [6.07, 6.45) is 6.52. The van der Waals surface area contributed by atoms with Gasteiger partial charge in [0.25, 0.3) is 0 Å². The molecule has 0 saturated heterocycles. The summed E-state index contributed by atoms with van der Waals surface area (Å²) in [6.45, 7) is 6.18. The highest BCUT2D eigenvalue weighted by atomic mass is 35.5. The lowest BCUT2D eigenvalue weighted by Gasteiger charge is -2.15. The molecule has 2 aromatic rings. The molecule has 0 bridgehead atoms. The van der Waals surface area contributed by atoms with Gasteiger partial charge in [0.1, 0.15) is 0 Å². The highest BCUT2D eigenvalue weighted by Gasteiger charge is 2.10. The van der Waals surface area contributed by atoms with Crippen LogP contribution < -0.4 is 5.32 Å². The number of rotatable bonds is 7. The summed E-state index contributed by atoms with van der Waals surface area (Å²) in [7, 11) is 0. The molecule has 0 radical (unpaired) electrons. The molecule has 1 aromatic carbocycles. The number of halogens is 2. The standard InChI is InChI=1S/C17H22Cl2N2/c1-3-9-20-16(4-2)13-8-10-21(11-13)12-14-6-5-7-15(18)17(14)19/h5-8,10-11,16,20H,3-4,9,12H2,1-2H3. The Labute approximate surface area is 137 Å². The first-order valence-corrected chi connectivity index (χ1v) is 8.23. The average Bonchev–Trinajstić information content (AvgIpc) is 2.93. The largest absolute Gasteiger partial charge is 0.350 e. The molecule has 0 spiro atoms. The van der Waals surface area contributed by atoms with Crippen LogP contribution in [0.1, 0.15) is 43.9 Å². The van der Waals surface area contributed by atoms with Gasteiger partial charge in [-0.3, -0.25) is 0 Å². The average molecular weight is 325 g/mol. The zero-order valence-corrected chi connectivity index (χ0v) is 14.1. The quantitative estimate of drug-likeness (QED) is 0.731. The summed E-state index contributed by atoms with van der Waals surface area (Å²) in [5.74, 6) is 0. The molecule has 0 fully saturated rings. The number of aromatic nitrogens is 1. The van der Waals surface area contributed by atoms with E-state index >= 15 is 0 Å². The third kappa shape index (κ3) is 4.26. The van der Waals surface area contributed by atoms with E-state index in [1.807, 2.05) is 18.2 Å². The van der Waals surface area contributed by atoms with Crippen LogP contribution >= 0.6 is 23.2 Å². The fourth-order valence-corrected chi connectivity index (χ4v) is 2.83. The molecule has 1 unspecified atom stereocenters. The van der Waals surface area contributed by atoms with E-state index in [1.165, 1.54) is 5.56 Å². The molecule has 0 saturated carbocycles. The van der Waals surface area contributed by atoms with Crippen LogP contribution in [-0.2, 0) is 6.54 Å². The van der Waals surface area contributed by atoms with E-state index < -0.39 is 0 Å². The summed E-state index contributed by atoms with van der Waals surface area (Å²) in [6, 6.07) is 8.36. The molecular weight excluding hydrogens is 303 g/mol. The minimum Gasteiger partial charge on any atom is -0.350 e. The predicted octanol–water partition coefficient (Wildman–Crippen LogP) is 5.29. The molecular formula is C17H22Cl2N2. The van der Waals surface area contributed by atoms with Crippen LogP contribution in [-0.4, -0.2) is 11.1 Å². The zero-order valence-electron chi connectivity index (χ0n) is 12.6. The van der Waals surface area contributed by atoms with Crippen molar-refractivity contribution < 1.29 is 0 Å². The van der Waals surface area contributed by atoms with Crippen LogP contribution in [0.15, 0.2) is 36.7 Å². The molecule has 4 heteroatoms. The maximum atomic E-state index is 6.25. The highest BCUT2D eigenvalue weighted by Crippen LogP contribution is 2.26. The van der Waals surface area contributed by atoms with Crippen molar-refractivity contribution in [3.63, 3.8) is 0 Å². The topological polar surface area (TPSA) is 17.0 Å². The third-order valence-electron chi connectivity index (χ3n) is 3.61. The second-order valence-electron chi connectivity index (χ2n) is 5.25. The summed E-state index contributed by atoms with van der Waals surface area (Å²) < 4.78 is 2.16. The van der Waals surface area contributed by atoms with Gasteiger partial charge in [-0.15, -0.1) is 0 Å². The Morgan fingerprint density at radius 2 is 2.00 bits per heavy atom. The minimum atomic E-state index is 0.418. The minimum absolute atomic E-state index is 0.418. The van der Waals surface area contributed by atoms with Crippen molar-refractivity contribution in [1.82, 2.24) is 9.88 Å². The summed E-state index contributed by atoms with van der Waals surface area (Å²) in [5, 5.41) is 4.83. The summed E-state index contributed by atoms with van der Waals surface area (Å²) in [4.78, 5) is 0. The third-order valence-corrected chi connectivity index (χ3v) is 4.47. The molecule has 1 atom stereocenters. The van der Waals surface area contributed by atoms with Gasteiger partial charge in [0, 0.05) is 25.0 Å². The van der Waals surface area contributed by atoms with Crippen LogP contribution in [0, 0.1) is 0 Å². The molecule has 114 valence electrons. The lowest BCUT2D eigenvalue weighted by molar-refractivity contribution is 0.517. The molecule has 1 aromatic heterocycles. The molecule has 1 N–H and O–H groups in total. The SMILES string of the molecule is CCCNC(CC)c1ccn(Cc2cccc(Cl)c2Cl)c1. The van der Waals surface area contributed by atoms with Crippen molar-refractivity contribution in [3.05, 3.63) is 57.8 Å². The van der Waals surface area contributed by atoms with E-state index in [-0.39, 0.29) is 0 Å². The van der Waals surface area contributed by atoms with Gasteiger partial charge in [0.15, 0.2) is 0 Å². The van der Waals surface area contributed by atoms with Gasteiger partial charge in [-0.05, 0) is 42.6 Å². The van der Waals surface area contributed by atoms with Gasteiger partial charge in [-0.25, -0.2) is 0 Å². The molecule has 0 aliphatic rings. The molecule has 21 heavy (non-hydrogen) atoms. The molecule has 0 amide bonds. The van der Waals surface area contributed by atoms with E-state index in [9.17, 15) is 0 Å². The number of nitrogens with zero attached hydrogens (tertiary/aromatic N) is 1. The Morgan fingerprint density at radius 1 is 1.19 bits per heavy atom. The fourth-order valence-electron chi connectivity index (χ4n) is 2.45. The van der Waals surface area contributed by atoms with Gasteiger partial charge < -0.3 is 9.88 Å². The smallest absolute Gasteiger partial charge is 0.0642 e. The predicted molar refractivity (Wildman–Crippen MR) is 91.3 cm³/mol. The van der Waals surface area contributed by atoms with Crippen molar-refractivity contribution in [2.75, 3.05) is 6.54 Å². The van der Waals surface area contributed by atoms with Gasteiger partial charge in [0.2, 0.25) is 0 Å². The fraction of sp³-hybridized carbons (Fsp3) is 0.412. The molecule has 1 heterocycles. The normalized spacial score (nSPS) is 12.6. The van der Waals surface area contributed by atoms with Crippen LogP contribution in [0.25, 0.3) is 0 Å². The number of benzene rings is 1. The Bertz CT molecular complexity index is 578. The summed E-state index contributed by atoms with van der Waals surface area (Å²) in [5.41, 5.74) is 2.37. The van der Waals surface area contributed by atoms with Crippen LogP contribution in [0.4, 0.5) is 0 Å². The lowest BCUT2D eigenvalue weighted by atomic mass is 10.1. The Hall–Kier alpha value is -0.960. The number of hydrogen-bond donors (Lipinski definition) is 1. The molecule has 0 aliphatic heterocycles. The van der Waals surface area contributed by atoms with Gasteiger partial charge >= 0.3 is 0 Å². The van der Waals surface area contributed by atoms with Crippen molar-refractivity contribution in [3.8, 4) is 0 Å². The first-order valence-electron chi connectivity index (χ1n) is 7.47. The molecule has 2 nitrogen and oxygen atoms in total. The molecule has 0 aliphatic carbocycles. The van der Waals surface area contributed by atoms with Gasteiger partial charge in [-0.1, -0.05) is 49.2 Å². The van der Waals surface area contributed by atoms with E-state index in [0.29, 0.717) is 16.1 Å². The van der Waals surface area contributed by atoms with Crippen molar-refractivity contribution in [2.24, 2.45) is 0 Å². The number of nitrogens with one attached hydrogen (secondary N) is 1. The highest BCUT2D eigenvalue weighted by molar-refractivity contribution is 6.42. The number of hydrogen-bond acceptors (Lipinski definition) is 1. The monoisotopic (exact) mass is 324 g/mol. The lowest BCUT2D eigenvalue weighted by Crippen LogP contribution is -2.21. The van der Waals surface area contributed by atoms with Gasteiger partial charge in [-0.2, -0.15) is 0 Å². The first-order chi connectivity index (χ1) is 10.2.